The van der Waals surface area contributed by atoms with Crippen LogP contribution in [0.5, 0.6) is 5.75 Å². The van der Waals surface area contributed by atoms with Crippen molar-refractivity contribution >= 4 is 40.0 Å². The first kappa shape index (κ1) is 24.5. The van der Waals surface area contributed by atoms with E-state index in [2.05, 4.69) is 15.5 Å². The van der Waals surface area contributed by atoms with E-state index in [1.165, 1.54) is 30.2 Å². The molecule has 0 saturated carbocycles. The maximum atomic E-state index is 12.7. The molecular weight excluding hydrogens is 484 g/mol. The zero-order chi connectivity index (χ0) is 24.8. The average Bonchev–Trinajstić information content (AvgIpc) is 3.47. The van der Waals surface area contributed by atoms with Crippen LogP contribution in [0.1, 0.15) is 17.3 Å². The molecule has 0 bridgehead atoms. The number of benzene rings is 2. The van der Waals surface area contributed by atoms with Crippen LogP contribution in [0.3, 0.4) is 0 Å². The maximum Gasteiger partial charge on any atom is 0.341 e. The molecule has 0 aliphatic rings. The largest absolute Gasteiger partial charge is 0.494 e. The van der Waals surface area contributed by atoms with Gasteiger partial charge in [-0.3, -0.25) is 4.79 Å². The van der Waals surface area contributed by atoms with Gasteiger partial charge >= 0.3 is 5.97 Å². The molecule has 2 heterocycles. The highest BCUT2D eigenvalue weighted by molar-refractivity contribution is 7.99. The summed E-state index contributed by atoms with van der Waals surface area (Å²) >= 11 is 2.55. The minimum absolute atomic E-state index is 0.106. The molecule has 0 fully saturated rings. The summed E-state index contributed by atoms with van der Waals surface area (Å²) in [6.07, 6.45) is 0. The zero-order valence-electron chi connectivity index (χ0n) is 19.5. The van der Waals surface area contributed by atoms with E-state index in [4.69, 9.17) is 9.47 Å². The number of hydrogen-bond acceptors (Lipinski definition) is 8. The smallest absolute Gasteiger partial charge is 0.341 e. The topological polar surface area (TPSA) is 95.3 Å². The van der Waals surface area contributed by atoms with Gasteiger partial charge in [0.1, 0.15) is 16.3 Å². The Balaban J connectivity index is 1.45. The first-order chi connectivity index (χ1) is 17.0. The number of nitrogens with one attached hydrogen (secondary N) is 1. The molecule has 0 radical (unpaired) electrons. The molecule has 4 rings (SSSR count). The highest BCUT2D eigenvalue weighted by atomic mass is 32.2. The number of nitrogens with zero attached hydrogens (tertiary/aromatic N) is 3. The summed E-state index contributed by atoms with van der Waals surface area (Å²) < 4.78 is 12.3. The van der Waals surface area contributed by atoms with E-state index in [1.807, 2.05) is 78.5 Å². The Hall–Kier alpha value is -3.63. The number of methoxy groups -OCH3 is 1. The molecule has 8 nitrogen and oxygen atoms in total. The molecule has 2 aromatic carbocycles. The minimum atomic E-state index is -0.499. The monoisotopic (exact) mass is 508 g/mol. The second-order valence-corrected chi connectivity index (χ2v) is 9.19. The minimum Gasteiger partial charge on any atom is -0.494 e. The van der Waals surface area contributed by atoms with Crippen molar-refractivity contribution in [2.75, 3.05) is 24.8 Å². The van der Waals surface area contributed by atoms with Crippen molar-refractivity contribution in [3.8, 4) is 28.3 Å². The number of aromatic nitrogens is 3. The quantitative estimate of drug-likeness (QED) is 0.247. The van der Waals surface area contributed by atoms with Gasteiger partial charge in [0.15, 0.2) is 11.0 Å². The number of esters is 1. The molecule has 0 spiro atoms. The fourth-order valence-corrected chi connectivity index (χ4v) is 5.12. The van der Waals surface area contributed by atoms with E-state index in [-0.39, 0.29) is 11.7 Å². The van der Waals surface area contributed by atoms with Gasteiger partial charge in [-0.25, -0.2) is 4.79 Å². The molecule has 0 aliphatic carbocycles. The van der Waals surface area contributed by atoms with Gasteiger partial charge in [-0.2, -0.15) is 0 Å². The highest BCUT2D eigenvalue weighted by Crippen LogP contribution is 2.36. The lowest BCUT2D eigenvalue weighted by molar-refractivity contribution is -0.113. The van der Waals surface area contributed by atoms with E-state index in [0.29, 0.717) is 28.2 Å². The van der Waals surface area contributed by atoms with Gasteiger partial charge < -0.3 is 19.4 Å². The van der Waals surface area contributed by atoms with Crippen LogP contribution < -0.4 is 10.1 Å². The second kappa shape index (κ2) is 11.2. The van der Waals surface area contributed by atoms with Crippen LogP contribution in [0.25, 0.3) is 22.5 Å². The number of rotatable bonds is 9. The van der Waals surface area contributed by atoms with Crippen LogP contribution >= 0.6 is 23.1 Å². The summed E-state index contributed by atoms with van der Waals surface area (Å²) in [5.41, 5.74) is 2.84. The molecule has 1 N–H and O–H groups in total. The molecule has 4 aromatic rings. The lowest BCUT2D eigenvalue weighted by Crippen LogP contribution is -2.16. The number of hydrogen-bond donors (Lipinski definition) is 1. The molecule has 0 unspecified atom stereocenters. The van der Waals surface area contributed by atoms with Crippen LogP contribution in [0, 0.1) is 0 Å². The molecule has 0 aliphatic heterocycles. The lowest BCUT2D eigenvalue weighted by Gasteiger charge is -2.08. The summed E-state index contributed by atoms with van der Waals surface area (Å²) in [5, 5.41) is 14.2. The number of amides is 1. The first-order valence-electron chi connectivity index (χ1n) is 10.8. The van der Waals surface area contributed by atoms with E-state index in [9.17, 15) is 9.59 Å². The van der Waals surface area contributed by atoms with Crippen molar-refractivity contribution in [2.24, 2.45) is 7.05 Å². The fraction of sp³-hybridized carbons (Fsp3) is 0.200. The summed E-state index contributed by atoms with van der Waals surface area (Å²) in [4.78, 5) is 25.2. The normalized spacial score (nSPS) is 10.7. The number of carbonyl (C=O) groups is 2. The number of anilines is 1. The molecule has 35 heavy (non-hydrogen) atoms. The Kier molecular flexibility index (Phi) is 7.84. The van der Waals surface area contributed by atoms with Crippen LogP contribution in [0.2, 0.25) is 0 Å². The highest BCUT2D eigenvalue weighted by Gasteiger charge is 2.22. The van der Waals surface area contributed by atoms with Gasteiger partial charge in [-0.15, -0.1) is 21.5 Å². The number of carbonyl (C=O) groups excluding carboxylic acids is 2. The molecule has 1 amide bonds. The van der Waals surface area contributed by atoms with Crippen molar-refractivity contribution in [3.05, 3.63) is 65.5 Å². The molecule has 2 aromatic heterocycles. The van der Waals surface area contributed by atoms with Gasteiger partial charge in [0.2, 0.25) is 5.91 Å². The fourth-order valence-electron chi connectivity index (χ4n) is 3.44. The second-order valence-electron chi connectivity index (χ2n) is 7.37. The van der Waals surface area contributed by atoms with Crippen molar-refractivity contribution in [1.82, 2.24) is 14.8 Å². The van der Waals surface area contributed by atoms with Gasteiger partial charge in [-0.05, 0) is 36.8 Å². The number of thioether (sulfide) groups is 1. The summed E-state index contributed by atoms with van der Waals surface area (Å²) in [6, 6.07) is 17.1. The zero-order valence-corrected chi connectivity index (χ0v) is 21.1. The van der Waals surface area contributed by atoms with Crippen LogP contribution in [0.15, 0.2) is 65.1 Å². The van der Waals surface area contributed by atoms with Crippen molar-refractivity contribution in [3.63, 3.8) is 0 Å². The van der Waals surface area contributed by atoms with Gasteiger partial charge in [-0.1, -0.05) is 42.1 Å². The Bertz CT molecular complexity index is 1320. The maximum absolute atomic E-state index is 12.7. The number of thiophene rings is 1. The van der Waals surface area contributed by atoms with E-state index in [1.54, 1.807) is 0 Å². The van der Waals surface area contributed by atoms with Gasteiger partial charge in [0, 0.05) is 23.6 Å². The van der Waals surface area contributed by atoms with E-state index >= 15 is 0 Å². The van der Waals surface area contributed by atoms with Gasteiger partial charge in [0.05, 0.1) is 19.5 Å². The SMILES string of the molecule is CCOc1ccc(-c2nnc(SCC(=O)Nc3scc(-c4ccccc4)c3C(=O)OC)n2C)cc1. The van der Waals surface area contributed by atoms with Crippen molar-refractivity contribution in [1.29, 1.82) is 0 Å². The molecule has 180 valence electrons. The number of ether oxygens (including phenoxy) is 2. The third kappa shape index (κ3) is 5.55. The predicted octanol–water partition coefficient (Wildman–Crippen LogP) is 5.13. The average molecular weight is 509 g/mol. The van der Waals surface area contributed by atoms with Crippen molar-refractivity contribution in [2.45, 2.75) is 12.1 Å². The van der Waals surface area contributed by atoms with Crippen molar-refractivity contribution < 1.29 is 19.1 Å². The Morgan fingerprint density at radius 1 is 1.06 bits per heavy atom. The third-order valence-corrected chi connectivity index (χ3v) is 7.02. The molecule has 10 heteroatoms. The lowest BCUT2D eigenvalue weighted by atomic mass is 10.0. The summed E-state index contributed by atoms with van der Waals surface area (Å²) in [6.45, 7) is 2.54. The van der Waals surface area contributed by atoms with Crippen LogP contribution in [0.4, 0.5) is 5.00 Å². The molecule has 0 atom stereocenters. The van der Waals surface area contributed by atoms with E-state index < -0.39 is 5.97 Å². The molecule has 0 saturated heterocycles. The first-order valence-corrected chi connectivity index (χ1v) is 12.7. The van der Waals surface area contributed by atoms with E-state index in [0.717, 1.165) is 22.4 Å². The summed E-state index contributed by atoms with van der Waals surface area (Å²) in [7, 11) is 3.18. The third-order valence-electron chi connectivity index (χ3n) is 5.11. The van der Waals surface area contributed by atoms with Crippen LogP contribution in [-0.4, -0.2) is 46.1 Å². The van der Waals surface area contributed by atoms with Gasteiger partial charge in [0.25, 0.3) is 0 Å². The Labute approximate surface area is 211 Å². The summed E-state index contributed by atoms with van der Waals surface area (Å²) in [5.74, 6) is 0.831. The van der Waals surface area contributed by atoms with Crippen LogP contribution in [-0.2, 0) is 16.6 Å². The Morgan fingerprint density at radius 3 is 2.49 bits per heavy atom. The Morgan fingerprint density at radius 2 is 1.80 bits per heavy atom. The molecular formula is C25H24N4O4S2. The predicted molar refractivity (Wildman–Crippen MR) is 138 cm³/mol. The standard InChI is InChI=1S/C25H24N4O4S2/c1-4-33-18-12-10-17(11-13-18)22-27-28-25(29(22)2)35-15-20(30)26-23-21(24(31)32-3)19(14-34-23)16-8-6-5-7-9-16/h5-14H,4,15H2,1-3H3,(H,26,30).